The Morgan fingerprint density at radius 1 is 1.28 bits per heavy atom. The van der Waals surface area contributed by atoms with Gasteiger partial charge < -0.3 is 10.6 Å². The maximum absolute atomic E-state index is 11.9. The summed E-state index contributed by atoms with van der Waals surface area (Å²) in [5.41, 5.74) is -0.0282. The Morgan fingerprint density at radius 2 is 1.96 bits per heavy atom. The maximum atomic E-state index is 11.9. The first kappa shape index (κ1) is 19.2. The Kier molecular flexibility index (Phi) is 6.35. The predicted octanol–water partition coefficient (Wildman–Crippen LogP) is 2.25. The van der Waals surface area contributed by atoms with Gasteiger partial charge in [-0.2, -0.15) is 0 Å². The molecule has 1 aromatic rings. The first-order chi connectivity index (χ1) is 11.8. The quantitative estimate of drug-likeness (QED) is 0.562. The minimum atomic E-state index is -3.72. The second-order valence-electron chi connectivity index (χ2n) is 6.29. The molecule has 0 atom stereocenters. The highest BCUT2D eigenvalue weighted by atomic mass is 32.2. The summed E-state index contributed by atoms with van der Waals surface area (Å²) in [6, 6.07) is 4.07. The molecule has 2 N–H and O–H groups in total. The highest BCUT2D eigenvalue weighted by Gasteiger charge is 2.22. The minimum Gasteiger partial charge on any atom is -0.384 e. The average Bonchev–Trinajstić information content (AvgIpc) is 2.54. The van der Waals surface area contributed by atoms with E-state index in [0.29, 0.717) is 12.2 Å². The largest absolute Gasteiger partial charge is 0.384 e. The monoisotopic (exact) mass is 369 g/mol. The summed E-state index contributed by atoms with van der Waals surface area (Å²) in [7, 11) is -3.72. The van der Waals surface area contributed by atoms with Gasteiger partial charge in [0.05, 0.1) is 4.92 Å². The van der Waals surface area contributed by atoms with E-state index in [2.05, 4.69) is 10.6 Å². The van der Waals surface area contributed by atoms with Crippen LogP contribution in [0.4, 0.5) is 11.4 Å². The molecule has 1 fully saturated rings. The van der Waals surface area contributed by atoms with Gasteiger partial charge in [-0.1, -0.05) is 19.3 Å². The van der Waals surface area contributed by atoms with Crippen LogP contribution in [0.5, 0.6) is 0 Å². The number of nitro benzene ring substituents is 1. The number of benzene rings is 1. The lowest BCUT2D eigenvalue weighted by Gasteiger charge is -2.22. The van der Waals surface area contributed by atoms with Crippen molar-refractivity contribution in [2.75, 3.05) is 18.1 Å². The van der Waals surface area contributed by atoms with Crippen molar-refractivity contribution in [1.82, 2.24) is 5.32 Å². The Labute approximate surface area is 147 Å². The van der Waals surface area contributed by atoms with Gasteiger partial charge in [0.25, 0.3) is 5.69 Å². The van der Waals surface area contributed by atoms with Crippen molar-refractivity contribution < 1.29 is 18.1 Å². The van der Waals surface area contributed by atoms with E-state index in [1.54, 1.807) is 0 Å². The fourth-order valence-corrected chi connectivity index (χ4v) is 3.80. The minimum absolute atomic E-state index is 0.0513. The van der Waals surface area contributed by atoms with Crippen LogP contribution in [0.1, 0.15) is 38.5 Å². The van der Waals surface area contributed by atoms with Gasteiger partial charge in [-0.3, -0.25) is 14.9 Å². The molecule has 1 aliphatic rings. The van der Waals surface area contributed by atoms with Gasteiger partial charge in [0.2, 0.25) is 5.91 Å². The van der Waals surface area contributed by atoms with Crippen LogP contribution in [0.25, 0.3) is 0 Å². The number of nitro groups is 1. The summed E-state index contributed by atoms with van der Waals surface area (Å²) in [6.07, 6.45) is 6.70. The number of nitrogens with one attached hydrogen (secondary N) is 2. The molecule has 8 nitrogen and oxygen atoms in total. The van der Waals surface area contributed by atoms with Crippen molar-refractivity contribution in [3.05, 3.63) is 28.3 Å². The van der Waals surface area contributed by atoms with Crippen molar-refractivity contribution in [1.29, 1.82) is 0 Å². The van der Waals surface area contributed by atoms with Crippen LogP contribution in [-0.2, 0) is 14.6 Å². The third-order valence-electron chi connectivity index (χ3n) is 4.21. The molecule has 2 rings (SSSR count). The number of nitrogens with zero attached hydrogens (tertiary/aromatic N) is 1. The van der Waals surface area contributed by atoms with Crippen molar-refractivity contribution in [3.63, 3.8) is 0 Å². The van der Waals surface area contributed by atoms with E-state index >= 15 is 0 Å². The standard InChI is InChI=1S/C16H23N3O5S/c1-25(23,24)15-11-13(7-8-14(15)19(21)22)17-10-9-16(20)18-12-5-3-2-4-6-12/h7-8,11-12,17H,2-6,9-10H2,1H3,(H,18,20). The molecule has 1 aromatic carbocycles. The second-order valence-corrected chi connectivity index (χ2v) is 8.28. The number of carbonyl (C=O) groups is 1. The Bertz CT molecular complexity index is 742. The topological polar surface area (TPSA) is 118 Å². The van der Waals surface area contributed by atoms with Crippen molar-refractivity contribution >= 4 is 27.1 Å². The van der Waals surface area contributed by atoms with E-state index in [9.17, 15) is 23.3 Å². The van der Waals surface area contributed by atoms with Crippen LogP contribution in [-0.4, -0.2) is 38.1 Å². The van der Waals surface area contributed by atoms with Crippen LogP contribution in [0.15, 0.2) is 23.1 Å². The van der Waals surface area contributed by atoms with E-state index in [-0.39, 0.29) is 23.3 Å². The molecule has 0 unspecified atom stereocenters. The molecule has 0 bridgehead atoms. The summed E-state index contributed by atoms with van der Waals surface area (Å²) in [5, 5.41) is 16.9. The Hall–Kier alpha value is -2.16. The molecule has 1 saturated carbocycles. The molecule has 0 heterocycles. The summed E-state index contributed by atoms with van der Waals surface area (Å²) < 4.78 is 23.4. The summed E-state index contributed by atoms with van der Waals surface area (Å²) in [4.78, 5) is 21.8. The number of rotatable bonds is 7. The van der Waals surface area contributed by atoms with Crippen molar-refractivity contribution in [3.8, 4) is 0 Å². The third kappa shape index (κ3) is 5.70. The third-order valence-corrected chi connectivity index (χ3v) is 5.33. The lowest BCUT2D eigenvalue weighted by Crippen LogP contribution is -2.36. The fourth-order valence-electron chi connectivity index (χ4n) is 2.94. The number of carbonyl (C=O) groups excluding carboxylic acids is 1. The molecule has 0 radical (unpaired) electrons. The van der Waals surface area contributed by atoms with Gasteiger partial charge in [-0.25, -0.2) is 8.42 Å². The zero-order valence-corrected chi connectivity index (χ0v) is 15.0. The number of sulfone groups is 1. The molecule has 0 aliphatic heterocycles. The van der Waals surface area contributed by atoms with E-state index < -0.39 is 20.4 Å². The summed E-state index contributed by atoms with van der Waals surface area (Å²) in [5.74, 6) is -0.0513. The van der Waals surface area contributed by atoms with Gasteiger partial charge >= 0.3 is 0 Å². The normalized spacial score (nSPS) is 15.6. The SMILES string of the molecule is CS(=O)(=O)c1cc(NCCC(=O)NC2CCCCC2)ccc1[N+](=O)[O-]. The highest BCUT2D eigenvalue weighted by molar-refractivity contribution is 7.90. The molecule has 25 heavy (non-hydrogen) atoms. The Balaban J connectivity index is 1.92. The van der Waals surface area contributed by atoms with Crippen molar-refractivity contribution in [2.45, 2.75) is 49.5 Å². The molecule has 1 amide bonds. The zero-order chi connectivity index (χ0) is 18.4. The number of hydrogen-bond donors (Lipinski definition) is 2. The highest BCUT2D eigenvalue weighted by Crippen LogP contribution is 2.27. The molecule has 0 saturated heterocycles. The van der Waals surface area contributed by atoms with Gasteiger partial charge in [0.1, 0.15) is 4.90 Å². The van der Waals surface area contributed by atoms with E-state index in [1.807, 2.05) is 0 Å². The predicted molar refractivity (Wildman–Crippen MR) is 94.3 cm³/mol. The smallest absolute Gasteiger partial charge is 0.288 e. The summed E-state index contributed by atoms with van der Waals surface area (Å²) in [6.45, 7) is 0.319. The first-order valence-electron chi connectivity index (χ1n) is 8.29. The zero-order valence-electron chi connectivity index (χ0n) is 14.2. The fraction of sp³-hybridized carbons (Fsp3) is 0.562. The molecule has 0 aromatic heterocycles. The van der Waals surface area contributed by atoms with Crippen LogP contribution >= 0.6 is 0 Å². The number of anilines is 1. The average molecular weight is 369 g/mol. The second kappa shape index (κ2) is 8.28. The van der Waals surface area contributed by atoms with Gasteiger partial charge in [0, 0.05) is 37.0 Å². The molecule has 138 valence electrons. The lowest BCUT2D eigenvalue weighted by molar-refractivity contribution is -0.387. The van der Waals surface area contributed by atoms with E-state index in [0.717, 1.165) is 38.0 Å². The maximum Gasteiger partial charge on any atom is 0.288 e. The van der Waals surface area contributed by atoms with Crippen LogP contribution in [0, 0.1) is 10.1 Å². The summed E-state index contributed by atoms with van der Waals surface area (Å²) >= 11 is 0. The van der Waals surface area contributed by atoms with Gasteiger partial charge in [-0.05, 0) is 25.0 Å². The van der Waals surface area contributed by atoms with E-state index in [4.69, 9.17) is 0 Å². The molecular weight excluding hydrogens is 346 g/mol. The number of amides is 1. The van der Waals surface area contributed by atoms with Crippen LogP contribution in [0.2, 0.25) is 0 Å². The van der Waals surface area contributed by atoms with Gasteiger partial charge in [0.15, 0.2) is 9.84 Å². The lowest BCUT2D eigenvalue weighted by atomic mass is 9.95. The van der Waals surface area contributed by atoms with Crippen molar-refractivity contribution in [2.24, 2.45) is 0 Å². The van der Waals surface area contributed by atoms with Crippen LogP contribution in [0.3, 0.4) is 0 Å². The van der Waals surface area contributed by atoms with E-state index in [1.165, 1.54) is 18.6 Å². The molecule has 1 aliphatic carbocycles. The number of hydrogen-bond acceptors (Lipinski definition) is 6. The van der Waals surface area contributed by atoms with Crippen LogP contribution < -0.4 is 10.6 Å². The molecular formula is C16H23N3O5S. The molecule has 0 spiro atoms. The van der Waals surface area contributed by atoms with Gasteiger partial charge in [-0.15, -0.1) is 0 Å². The first-order valence-corrected chi connectivity index (χ1v) is 10.2. The Morgan fingerprint density at radius 3 is 2.56 bits per heavy atom. The molecule has 9 heteroatoms.